The molecule has 8 heteroatoms. The van der Waals surface area contributed by atoms with Gasteiger partial charge in [-0.3, -0.25) is 9.69 Å². The summed E-state index contributed by atoms with van der Waals surface area (Å²) in [6.45, 7) is 2.41. The number of benzene rings is 2. The molecular weight excluding hydrogens is 418 g/mol. The van der Waals surface area contributed by atoms with E-state index in [1.165, 1.54) is 18.9 Å². The van der Waals surface area contributed by atoms with E-state index in [1.807, 2.05) is 6.92 Å². The van der Waals surface area contributed by atoms with Crippen LogP contribution in [0.3, 0.4) is 0 Å². The van der Waals surface area contributed by atoms with Crippen LogP contribution in [0.25, 0.3) is 6.08 Å². The Hall–Kier alpha value is -2.35. The Morgan fingerprint density at radius 2 is 1.93 bits per heavy atom. The normalized spacial score (nSPS) is 15.2. The molecule has 2 aromatic rings. The molecule has 5 nitrogen and oxygen atoms in total. The lowest BCUT2D eigenvalue weighted by Crippen LogP contribution is -2.27. The van der Waals surface area contributed by atoms with Crippen LogP contribution in [0.15, 0.2) is 47.4 Å². The second-order valence-electron chi connectivity index (χ2n) is 5.73. The van der Waals surface area contributed by atoms with Gasteiger partial charge in [0.15, 0.2) is 11.5 Å². The highest BCUT2D eigenvalue weighted by molar-refractivity contribution is 8.26. The van der Waals surface area contributed by atoms with Crippen molar-refractivity contribution in [2.45, 2.75) is 6.92 Å². The molecule has 1 heterocycles. The van der Waals surface area contributed by atoms with E-state index in [-0.39, 0.29) is 11.7 Å². The molecule has 2 aromatic carbocycles. The highest BCUT2D eigenvalue weighted by atomic mass is 35.5. The maximum absolute atomic E-state index is 12.3. The Morgan fingerprint density at radius 1 is 1.21 bits per heavy atom. The molecule has 28 heavy (non-hydrogen) atoms. The van der Waals surface area contributed by atoms with Crippen molar-refractivity contribution in [3.63, 3.8) is 0 Å². The average Bonchev–Trinajstić information content (AvgIpc) is 2.95. The molecule has 0 aromatic heterocycles. The molecule has 0 saturated carbocycles. The van der Waals surface area contributed by atoms with E-state index >= 15 is 0 Å². The van der Waals surface area contributed by atoms with Crippen LogP contribution in [0.4, 0.5) is 0 Å². The van der Waals surface area contributed by atoms with Crippen LogP contribution in [-0.2, 0) is 4.79 Å². The van der Waals surface area contributed by atoms with Crippen LogP contribution >= 0.6 is 35.6 Å². The Bertz CT molecular complexity index is 973. The van der Waals surface area contributed by atoms with Crippen molar-refractivity contribution in [3.05, 3.63) is 63.5 Å². The van der Waals surface area contributed by atoms with Gasteiger partial charge >= 0.3 is 5.97 Å². The van der Waals surface area contributed by atoms with Crippen molar-refractivity contribution >= 4 is 57.9 Å². The van der Waals surface area contributed by atoms with E-state index < -0.39 is 5.97 Å². The van der Waals surface area contributed by atoms with Crippen LogP contribution in [0, 0.1) is 0 Å². The minimum absolute atomic E-state index is 0.116. The summed E-state index contributed by atoms with van der Waals surface area (Å²) in [6, 6.07) is 11.5. The first-order chi connectivity index (χ1) is 13.4. The fourth-order valence-electron chi connectivity index (χ4n) is 2.53. The summed E-state index contributed by atoms with van der Waals surface area (Å²) in [4.78, 5) is 26.7. The SMILES string of the molecule is CCN1C(=O)/C(=C\c2ccc(OC(=O)c3ccc(Cl)cc3)c(OC)c2)SC1=S. The maximum Gasteiger partial charge on any atom is 0.343 e. The zero-order valence-corrected chi connectivity index (χ0v) is 17.5. The number of nitrogens with zero attached hydrogens (tertiary/aromatic N) is 1. The molecule has 0 radical (unpaired) electrons. The molecule has 0 aliphatic carbocycles. The molecule has 0 spiro atoms. The van der Waals surface area contributed by atoms with Crippen LogP contribution < -0.4 is 9.47 Å². The van der Waals surface area contributed by atoms with Gasteiger partial charge < -0.3 is 9.47 Å². The van der Waals surface area contributed by atoms with Crippen molar-refractivity contribution in [1.82, 2.24) is 4.90 Å². The molecule has 1 aliphatic heterocycles. The van der Waals surface area contributed by atoms with Crippen molar-refractivity contribution < 1.29 is 19.1 Å². The highest BCUT2D eigenvalue weighted by Gasteiger charge is 2.30. The van der Waals surface area contributed by atoms with Gasteiger partial charge in [-0.05, 0) is 55.0 Å². The van der Waals surface area contributed by atoms with Gasteiger partial charge in [-0.25, -0.2) is 4.79 Å². The summed E-state index contributed by atoms with van der Waals surface area (Å²) < 4.78 is 11.3. The number of ether oxygens (including phenoxy) is 2. The fraction of sp³-hybridized carbons (Fsp3) is 0.150. The van der Waals surface area contributed by atoms with Gasteiger partial charge in [0.2, 0.25) is 0 Å². The second kappa shape index (κ2) is 8.77. The monoisotopic (exact) mass is 433 g/mol. The van der Waals surface area contributed by atoms with Gasteiger partial charge in [0.25, 0.3) is 5.91 Å². The van der Waals surface area contributed by atoms with Crippen LogP contribution in [-0.4, -0.2) is 34.8 Å². The lowest BCUT2D eigenvalue weighted by molar-refractivity contribution is -0.121. The van der Waals surface area contributed by atoms with Gasteiger partial charge in [-0.2, -0.15) is 0 Å². The van der Waals surface area contributed by atoms with E-state index in [0.29, 0.717) is 32.1 Å². The Labute approximate surface area is 177 Å². The third kappa shape index (κ3) is 4.38. The predicted octanol–water partition coefficient (Wildman–Crippen LogP) is 4.79. The molecule has 0 atom stereocenters. The summed E-state index contributed by atoms with van der Waals surface area (Å²) in [7, 11) is 1.48. The zero-order valence-electron chi connectivity index (χ0n) is 15.1. The minimum Gasteiger partial charge on any atom is -0.493 e. The number of likely N-dealkylation sites (N-methyl/N-ethyl adjacent to an activating group) is 1. The number of thiocarbonyl (C=S) groups is 1. The minimum atomic E-state index is -0.522. The third-order valence-electron chi connectivity index (χ3n) is 3.96. The number of carbonyl (C=O) groups excluding carboxylic acids is 2. The lowest BCUT2D eigenvalue weighted by atomic mass is 10.1. The standard InChI is InChI=1S/C20H16ClNO4S2/c1-3-22-18(23)17(28-20(22)27)11-12-4-9-15(16(10-12)25-2)26-19(24)13-5-7-14(21)8-6-13/h4-11H,3H2,1-2H3/b17-11+. The number of thioether (sulfide) groups is 1. The maximum atomic E-state index is 12.3. The van der Waals surface area contributed by atoms with Crippen LogP contribution in [0.1, 0.15) is 22.8 Å². The number of carbonyl (C=O) groups is 2. The Morgan fingerprint density at radius 3 is 2.54 bits per heavy atom. The molecule has 1 fully saturated rings. The molecule has 1 amide bonds. The van der Waals surface area contributed by atoms with E-state index in [1.54, 1.807) is 53.4 Å². The summed E-state index contributed by atoms with van der Waals surface area (Å²) in [6.07, 6.45) is 1.74. The van der Waals surface area contributed by atoms with E-state index in [2.05, 4.69) is 0 Å². The van der Waals surface area contributed by atoms with Crippen LogP contribution in [0.2, 0.25) is 5.02 Å². The van der Waals surface area contributed by atoms with Crippen molar-refractivity contribution in [2.24, 2.45) is 0 Å². The highest BCUT2D eigenvalue weighted by Crippen LogP contribution is 2.34. The van der Waals surface area contributed by atoms with Crippen molar-refractivity contribution in [1.29, 1.82) is 0 Å². The summed E-state index contributed by atoms with van der Waals surface area (Å²) in [5, 5.41) is 0.534. The number of methoxy groups -OCH3 is 1. The Balaban J connectivity index is 1.82. The van der Waals surface area contributed by atoms with Crippen molar-refractivity contribution in [2.75, 3.05) is 13.7 Å². The molecular formula is C20H16ClNO4S2. The molecule has 1 saturated heterocycles. The van der Waals surface area contributed by atoms with Gasteiger partial charge in [0.05, 0.1) is 17.6 Å². The Kier molecular flexibility index (Phi) is 6.39. The fourth-order valence-corrected chi connectivity index (χ4v) is 4.04. The molecule has 3 rings (SSSR count). The second-order valence-corrected chi connectivity index (χ2v) is 7.84. The smallest absolute Gasteiger partial charge is 0.343 e. The molecule has 144 valence electrons. The first-order valence-electron chi connectivity index (χ1n) is 8.34. The molecule has 0 N–H and O–H groups in total. The summed E-state index contributed by atoms with van der Waals surface area (Å²) in [5.41, 5.74) is 1.11. The zero-order chi connectivity index (χ0) is 20.3. The number of esters is 1. The number of hydrogen-bond acceptors (Lipinski definition) is 6. The van der Waals surface area contributed by atoms with Crippen LogP contribution in [0.5, 0.6) is 11.5 Å². The topological polar surface area (TPSA) is 55.8 Å². The largest absolute Gasteiger partial charge is 0.493 e. The third-order valence-corrected chi connectivity index (χ3v) is 5.59. The van der Waals surface area contributed by atoms with Gasteiger partial charge in [0.1, 0.15) is 4.32 Å². The van der Waals surface area contributed by atoms with Crippen molar-refractivity contribution in [3.8, 4) is 11.5 Å². The van der Waals surface area contributed by atoms with Gasteiger partial charge in [-0.1, -0.05) is 41.6 Å². The first kappa shape index (κ1) is 20.4. The van der Waals surface area contributed by atoms with E-state index in [9.17, 15) is 9.59 Å². The first-order valence-corrected chi connectivity index (χ1v) is 9.94. The summed E-state index contributed by atoms with van der Waals surface area (Å²) in [5.74, 6) is 0.0176. The van der Waals surface area contributed by atoms with E-state index in [0.717, 1.165) is 5.56 Å². The molecule has 0 bridgehead atoms. The molecule has 0 unspecified atom stereocenters. The average molecular weight is 434 g/mol. The molecule has 1 aliphatic rings. The summed E-state index contributed by atoms with van der Waals surface area (Å²) >= 11 is 12.3. The van der Waals surface area contributed by atoms with E-state index in [4.69, 9.17) is 33.3 Å². The quantitative estimate of drug-likeness (QED) is 0.292. The van der Waals surface area contributed by atoms with Gasteiger partial charge in [-0.15, -0.1) is 0 Å². The number of rotatable bonds is 5. The lowest BCUT2D eigenvalue weighted by Gasteiger charge is -2.11. The predicted molar refractivity (Wildman–Crippen MR) is 115 cm³/mol. The number of amides is 1. The van der Waals surface area contributed by atoms with Gasteiger partial charge in [0, 0.05) is 11.6 Å². The number of hydrogen-bond donors (Lipinski definition) is 0. The number of halogens is 1.